The van der Waals surface area contributed by atoms with Crippen molar-refractivity contribution in [2.24, 2.45) is 0 Å². The van der Waals surface area contributed by atoms with Gasteiger partial charge in [-0.15, -0.1) is 5.10 Å². The molecule has 38 heavy (non-hydrogen) atoms. The van der Waals surface area contributed by atoms with Crippen LogP contribution >= 0.6 is 22.6 Å². The van der Waals surface area contributed by atoms with Gasteiger partial charge in [-0.3, -0.25) is 4.57 Å². The maximum absolute atomic E-state index is 13.2. The molecule has 0 aliphatic carbocycles. The SMILES string of the molecule is CCn1c(Oc2cccc(N3CCN(C)CC3)c2)nnc1[C@@H](C)NS(=O)(=O)c1ccc2c(I)cccc2c1. The van der Waals surface area contributed by atoms with E-state index in [9.17, 15) is 8.42 Å². The zero-order valence-corrected chi connectivity index (χ0v) is 24.6. The van der Waals surface area contributed by atoms with Gasteiger partial charge in [0.05, 0.1) is 10.9 Å². The molecule has 1 atom stereocenters. The molecule has 3 aromatic carbocycles. The van der Waals surface area contributed by atoms with Crippen LogP contribution in [-0.2, 0) is 16.6 Å². The molecular weight excluding hydrogens is 615 g/mol. The number of rotatable bonds is 8. The molecule has 1 N–H and O–H groups in total. The number of aromatic nitrogens is 3. The minimum atomic E-state index is -3.79. The molecule has 9 nitrogen and oxygen atoms in total. The summed E-state index contributed by atoms with van der Waals surface area (Å²) in [5, 5.41) is 10.4. The van der Waals surface area contributed by atoms with E-state index in [1.54, 1.807) is 23.6 Å². The molecule has 0 saturated carbocycles. The fraction of sp³-hybridized carbons (Fsp3) is 0.333. The van der Waals surface area contributed by atoms with E-state index >= 15 is 0 Å². The number of ether oxygens (including phenoxy) is 1. The molecule has 0 bridgehead atoms. The van der Waals surface area contributed by atoms with Gasteiger partial charge in [0.2, 0.25) is 10.0 Å². The Morgan fingerprint density at radius 1 is 1.03 bits per heavy atom. The quantitative estimate of drug-likeness (QED) is 0.279. The van der Waals surface area contributed by atoms with Crippen molar-refractivity contribution in [3.8, 4) is 11.8 Å². The summed E-state index contributed by atoms with van der Waals surface area (Å²) in [4.78, 5) is 4.87. The van der Waals surface area contributed by atoms with Crippen LogP contribution in [0.2, 0.25) is 0 Å². The zero-order chi connectivity index (χ0) is 26.9. The van der Waals surface area contributed by atoms with Gasteiger partial charge in [0, 0.05) is 48.0 Å². The van der Waals surface area contributed by atoms with Gasteiger partial charge in [-0.2, -0.15) is 0 Å². The van der Waals surface area contributed by atoms with Gasteiger partial charge in [-0.05, 0) is 84.6 Å². The van der Waals surface area contributed by atoms with Crippen molar-refractivity contribution in [1.29, 1.82) is 0 Å². The lowest BCUT2D eigenvalue weighted by Crippen LogP contribution is -2.44. The van der Waals surface area contributed by atoms with Crippen LogP contribution in [-0.4, -0.2) is 61.3 Å². The molecule has 1 aromatic heterocycles. The Labute approximate surface area is 237 Å². The highest BCUT2D eigenvalue weighted by atomic mass is 127. The monoisotopic (exact) mass is 646 g/mol. The molecule has 0 amide bonds. The summed E-state index contributed by atoms with van der Waals surface area (Å²) >= 11 is 2.25. The first-order valence-corrected chi connectivity index (χ1v) is 15.2. The van der Waals surface area contributed by atoms with Crippen molar-refractivity contribution < 1.29 is 13.2 Å². The van der Waals surface area contributed by atoms with Gasteiger partial charge >= 0.3 is 6.01 Å². The minimum Gasteiger partial charge on any atom is -0.424 e. The third-order valence-electron chi connectivity index (χ3n) is 6.79. The largest absolute Gasteiger partial charge is 0.424 e. The Hall–Kier alpha value is -2.74. The molecule has 11 heteroatoms. The van der Waals surface area contributed by atoms with Crippen molar-refractivity contribution in [3.63, 3.8) is 0 Å². The highest BCUT2D eigenvalue weighted by Crippen LogP contribution is 2.28. The number of halogens is 1. The molecule has 1 aliphatic heterocycles. The third-order valence-corrected chi connectivity index (χ3v) is 9.26. The number of hydrogen-bond donors (Lipinski definition) is 1. The average molecular weight is 647 g/mol. The maximum Gasteiger partial charge on any atom is 0.322 e. The van der Waals surface area contributed by atoms with E-state index in [4.69, 9.17) is 4.74 Å². The lowest BCUT2D eigenvalue weighted by molar-refractivity contribution is 0.312. The molecular formula is C27H31IN6O3S. The van der Waals surface area contributed by atoms with Crippen LogP contribution in [0, 0.1) is 3.57 Å². The fourth-order valence-corrected chi connectivity index (χ4v) is 6.58. The number of hydrogen-bond acceptors (Lipinski definition) is 7. The molecule has 5 rings (SSSR count). The van der Waals surface area contributed by atoms with E-state index < -0.39 is 16.1 Å². The molecule has 1 fully saturated rings. The van der Waals surface area contributed by atoms with Gasteiger partial charge in [0.25, 0.3) is 0 Å². The van der Waals surface area contributed by atoms with Crippen molar-refractivity contribution in [2.45, 2.75) is 31.3 Å². The van der Waals surface area contributed by atoms with E-state index in [0.717, 1.165) is 46.2 Å². The highest BCUT2D eigenvalue weighted by Gasteiger charge is 2.25. The summed E-state index contributed by atoms with van der Waals surface area (Å²) < 4.78 is 38.2. The lowest BCUT2D eigenvalue weighted by Gasteiger charge is -2.34. The lowest BCUT2D eigenvalue weighted by atomic mass is 10.1. The smallest absolute Gasteiger partial charge is 0.322 e. The van der Waals surface area contributed by atoms with E-state index in [2.05, 4.69) is 60.4 Å². The summed E-state index contributed by atoms with van der Waals surface area (Å²) in [7, 11) is -1.66. The Morgan fingerprint density at radius 3 is 2.55 bits per heavy atom. The Balaban J connectivity index is 1.34. The molecule has 0 unspecified atom stereocenters. The third kappa shape index (κ3) is 5.65. The Morgan fingerprint density at radius 2 is 1.79 bits per heavy atom. The van der Waals surface area contributed by atoms with Gasteiger partial charge < -0.3 is 14.5 Å². The Bertz CT molecular complexity index is 1550. The standard InChI is InChI=1S/C27H31IN6O3S/c1-4-34-26(19(2)31-38(35,36)23-11-12-24-20(17-23)7-5-10-25(24)28)29-30-27(34)37-22-9-6-8-21(18-22)33-15-13-32(3)14-16-33/h5-12,17-19,31H,4,13-16H2,1-3H3/t19-/m1/s1. The molecule has 200 valence electrons. The number of piperazine rings is 1. The van der Waals surface area contributed by atoms with Gasteiger partial charge in [-0.1, -0.05) is 29.4 Å². The molecule has 1 aliphatic rings. The van der Waals surface area contributed by atoms with Gasteiger partial charge in [0.1, 0.15) is 5.75 Å². The van der Waals surface area contributed by atoms with Crippen LogP contribution in [0.5, 0.6) is 11.8 Å². The van der Waals surface area contributed by atoms with Crippen LogP contribution in [0.4, 0.5) is 5.69 Å². The second kappa shape index (κ2) is 11.2. The van der Waals surface area contributed by atoms with Gasteiger partial charge in [-0.25, -0.2) is 13.1 Å². The first-order valence-electron chi connectivity index (χ1n) is 12.6. The van der Waals surface area contributed by atoms with Crippen molar-refractivity contribution in [2.75, 3.05) is 38.1 Å². The number of sulfonamides is 1. The van der Waals surface area contributed by atoms with Crippen LogP contribution in [0.25, 0.3) is 10.8 Å². The van der Waals surface area contributed by atoms with E-state index in [1.807, 2.05) is 49.4 Å². The minimum absolute atomic E-state index is 0.207. The molecule has 0 radical (unpaired) electrons. The number of nitrogens with one attached hydrogen (secondary N) is 1. The second-order valence-electron chi connectivity index (χ2n) is 9.44. The zero-order valence-electron chi connectivity index (χ0n) is 21.6. The normalized spacial score (nSPS) is 15.6. The van der Waals surface area contributed by atoms with Crippen molar-refractivity contribution in [3.05, 3.63) is 70.1 Å². The number of nitrogens with zero attached hydrogens (tertiary/aromatic N) is 5. The van der Waals surface area contributed by atoms with E-state index in [0.29, 0.717) is 24.1 Å². The molecule has 0 spiro atoms. The topological polar surface area (TPSA) is 92.6 Å². The van der Waals surface area contributed by atoms with Crippen LogP contribution in [0.1, 0.15) is 25.7 Å². The summed E-state index contributed by atoms with van der Waals surface area (Å²) in [6, 6.07) is 18.6. The average Bonchev–Trinajstić information content (AvgIpc) is 3.31. The molecule has 2 heterocycles. The van der Waals surface area contributed by atoms with Crippen molar-refractivity contribution in [1.82, 2.24) is 24.4 Å². The number of likely N-dealkylation sites (N-methyl/N-ethyl adjacent to an activating group) is 1. The summed E-state index contributed by atoms with van der Waals surface area (Å²) in [5.74, 6) is 1.14. The first kappa shape index (κ1) is 26.9. The summed E-state index contributed by atoms with van der Waals surface area (Å²) in [6.07, 6.45) is 0. The Kier molecular flexibility index (Phi) is 7.89. The van der Waals surface area contributed by atoms with Gasteiger partial charge in [0.15, 0.2) is 5.82 Å². The predicted octanol–water partition coefficient (Wildman–Crippen LogP) is 4.64. The molecule has 4 aromatic rings. The fourth-order valence-electron chi connectivity index (χ4n) is 4.65. The predicted molar refractivity (Wildman–Crippen MR) is 157 cm³/mol. The molecule has 1 saturated heterocycles. The highest BCUT2D eigenvalue weighted by molar-refractivity contribution is 14.1. The second-order valence-corrected chi connectivity index (χ2v) is 12.3. The number of fused-ring (bicyclic) bond motifs is 1. The first-order chi connectivity index (χ1) is 18.2. The maximum atomic E-state index is 13.2. The van der Waals surface area contributed by atoms with Crippen LogP contribution in [0.3, 0.4) is 0 Å². The summed E-state index contributed by atoms with van der Waals surface area (Å²) in [5.41, 5.74) is 1.10. The van der Waals surface area contributed by atoms with E-state index in [-0.39, 0.29) is 4.90 Å². The number of benzene rings is 3. The van der Waals surface area contributed by atoms with Crippen LogP contribution < -0.4 is 14.4 Å². The van der Waals surface area contributed by atoms with Crippen LogP contribution in [0.15, 0.2) is 65.6 Å². The van der Waals surface area contributed by atoms with E-state index in [1.165, 1.54) is 0 Å². The summed E-state index contributed by atoms with van der Waals surface area (Å²) in [6.45, 7) is 8.20. The number of anilines is 1. The van der Waals surface area contributed by atoms with Crippen molar-refractivity contribution >= 4 is 49.1 Å².